The summed E-state index contributed by atoms with van der Waals surface area (Å²) in [6.45, 7) is 2.45. The molecular formula is C11H14ClNO4S. The Balaban J connectivity index is 2.56. The summed E-state index contributed by atoms with van der Waals surface area (Å²) in [7, 11) is 1.44. The maximum atomic E-state index is 11.4. The third-order valence-corrected chi connectivity index (χ3v) is 3.37. The summed E-state index contributed by atoms with van der Waals surface area (Å²) in [4.78, 5) is 11.4. The van der Waals surface area contributed by atoms with E-state index in [-0.39, 0.29) is 17.4 Å². The Morgan fingerprint density at radius 3 is 2.44 bits per heavy atom. The summed E-state index contributed by atoms with van der Waals surface area (Å²) in [5.41, 5.74) is 0.490. The third-order valence-electron chi connectivity index (χ3n) is 2.00. The minimum atomic E-state index is -3.73. The van der Waals surface area contributed by atoms with Crippen molar-refractivity contribution in [2.24, 2.45) is 0 Å². The molecule has 1 aromatic carbocycles. The molecule has 100 valence electrons. The predicted molar refractivity (Wildman–Crippen MR) is 69.2 cm³/mol. The van der Waals surface area contributed by atoms with E-state index in [1.807, 2.05) is 6.92 Å². The Bertz CT molecular complexity index is 498. The van der Waals surface area contributed by atoms with Crippen LogP contribution in [0.1, 0.15) is 13.3 Å². The van der Waals surface area contributed by atoms with Crippen LogP contribution in [0.4, 0.5) is 5.69 Å². The van der Waals surface area contributed by atoms with Crippen LogP contribution < -0.4 is 5.32 Å². The molecule has 5 nitrogen and oxygen atoms in total. The van der Waals surface area contributed by atoms with E-state index in [1.165, 1.54) is 24.3 Å². The lowest BCUT2D eigenvalue weighted by Crippen LogP contribution is -2.18. The molecular weight excluding hydrogens is 278 g/mol. The summed E-state index contributed by atoms with van der Waals surface area (Å²) in [5, 5.41) is 2.58. The van der Waals surface area contributed by atoms with E-state index in [0.29, 0.717) is 12.3 Å². The van der Waals surface area contributed by atoms with Gasteiger partial charge in [0.25, 0.3) is 9.05 Å². The molecule has 0 aliphatic heterocycles. The second-order valence-corrected chi connectivity index (χ2v) is 6.13. The van der Waals surface area contributed by atoms with Crippen LogP contribution in [-0.2, 0) is 18.6 Å². The first-order chi connectivity index (χ1) is 8.43. The maximum absolute atomic E-state index is 11.4. The van der Waals surface area contributed by atoms with Gasteiger partial charge in [0.2, 0.25) is 5.91 Å². The first-order valence-corrected chi connectivity index (χ1v) is 7.66. The number of hydrogen-bond donors (Lipinski definition) is 1. The Labute approximate surface area is 111 Å². The van der Waals surface area contributed by atoms with Crippen LogP contribution in [0, 0.1) is 0 Å². The van der Waals surface area contributed by atoms with Crippen molar-refractivity contribution in [2.45, 2.75) is 18.2 Å². The second kappa shape index (κ2) is 6.72. The van der Waals surface area contributed by atoms with Crippen molar-refractivity contribution in [3.05, 3.63) is 24.3 Å². The molecule has 0 atom stereocenters. The van der Waals surface area contributed by atoms with Crippen LogP contribution in [0.25, 0.3) is 0 Å². The minimum absolute atomic E-state index is 0.00982. The van der Waals surface area contributed by atoms with Gasteiger partial charge in [-0.1, -0.05) is 6.92 Å². The number of anilines is 1. The summed E-state index contributed by atoms with van der Waals surface area (Å²) in [6, 6.07) is 5.58. The van der Waals surface area contributed by atoms with Crippen molar-refractivity contribution >= 4 is 31.3 Å². The van der Waals surface area contributed by atoms with E-state index < -0.39 is 9.05 Å². The number of ether oxygens (including phenoxy) is 1. The molecule has 7 heteroatoms. The predicted octanol–water partition coefficient (Wildman–Crippen LogP) is 1.98. The lowest BCUT2D eigenvalue weighted by Gasteiger charge is -2.06. The number of halogens is 1. The quantitative estimate of drug-likeness (QED) is 0.642. The molecule has 0 spiro atoms. The highest BCUT2D eigenvalue weighted by atomic mass is 35.7. The fourth-order valence-corrected chi connectivity index (χ4v) is 1.98. The number of amides is 1. The van der Waals surface area contributed by atoms with Crippen LogP contribution in [0.15, 0.2) is 29.2 Å². The molecule has 0 fully saturated rings. The Morgan fingerprint density at radius 1 is 1.33 bits per heavy atom. The molecule has 0 saturated carbocycles. The van der Waals surface area contributed by atoms with Gasteiger partial charge in [-0.05, 0) is 30.7 Å². The van der Waals surface area contributed by atoms with Gasteiger partial charge in [-0.3, -0.25) is 4.79 Å². The van der Waals surface area contributed by atoms with Crippen LogP contribution >= 0.6 is 10.7 Å². The van der Waals surface area contributed by atoms with E-state index in [9.17, 15) is 13.2 Å². The first-order valence-electron chi connectivity index (χ1n) is 5.36. The molecule has 1 aromatic rings. The minimum Gasteiger partial charge on any atom is -0.372 e. The van der Waals surface area contributed by atoms with Crippen molar-refractivity contribution in [3.8, 4) is 0 Å². The average Bonchev–Trinajstić information content (AvgIpc) is 2.29. The highest BCUT2D eigenvalue weighted by Crippen LogP contribution is 2.17. The normalized spacial score (nSPS) is 11.2. The maximum Gasteiger partial charge on any atom is 0.261 e. The average molecular weight is 292 g/mol. The fraction of sp³-hybridized carbons (Fsp3) is 0.364. The third kappa shape index (κ3) is 5.03. The van der Waals surface area contributed by atoms with Gasteiger partial charge in [-0.2, -0.15) is 0 Å². The van der Waals surface area contributed by atoms with Crippen molar-refractivity contribution in [2.75, 3.05) is 18.5 Å². The molecule has 0 unspecified atom stereocenters. The molecule has 1 amide bonds. The first kappa shape index (κ1) is 14.9. The highest BCUT2D eigenvalue weighted by Gasteiger charge is 2.09. The van der Waals surface area contributed by atoms with Crippen molar-refractivity contribution < 1.29 is 17.9 Å². The SMILES string of the molecule is CCCOCC(=O)Nc1ccc(S(=O)(=O)Cl)cc1. The van der Waals surface area contributed by atoms with Gasteiger partial charge in [0.15, 0.2) is 0 Å². The monoisotopic (exact) mass is 291 g/mol. The van der Waals surface area contributed by atoms with E-state index in [4.69, 9.17) is 15.4 Å². The highest BCUT2D eigenvalue weighted by molar-refractivity contribution is 8.13. The summed E-state index contributed by atoms with van der Waals surface area (Å²) in [5.74, 6) is -0.287. The molecule has 0 heterocycles. The van der Waals surface area contributed by atoms with E-state index in [2.05, 4.69) is 5.32 Å². The smallest absolute Gasteiger partial charge is 0.261 e. The topological polar surface area (TPSA) is 72.5 Å². The second-order valence-electron chi connectivity index (χ2n) is 3.56. The molecule has 0 radical (unpaired) electrons. The molecule has 0 aromatic heterocycles. The number of rotatable bonds is 6. The fourth-order valence-electron chi connectivity index (χ4n) is 1.21. The largest absolute Gasteiger partial charge is 0.372 e. The van der Waals surface area contributed by atoms with Crippen molar-refractivity contribution in [1.82, 2.24) is 0 Å². The molecule has 1 N–H and O–H groups in total. The summed E-state index contributed by atoms with van der Waals surface area (Å²) in [6.07, 6.45) is 0.843. The van der Waals surface area contributed by atoms with Gasteiger partial charge >= 0.3 is 0 Å². The molecule has 0 saturated heterocycles. The van der Waals surface area contributed by atoms with Crippen LogP contribution in [0.5, 0.6) is 0 Å². The molecule has 0 aliphatic carbocycles. The van der Waals surface area contributed by atoms with Gasteiger partial charge in [0.05, 0.1) is 4.90 Å². The van der Waals surface area contributed by atoms with Crippen LogP contribution in [0.2, 0.25) is 0 Å². The van der Waals surface area contributed by atoms with Gasteiger partial charge < -0.3 is 10.1 Å². The molecule has 0 bridgehead atoms. The van der Waals surface area contributed by atoms with Gasteiger partial charge in [0, 0.05) is 23.0 Å². The van der Waals surface area contributed by atoms with E-state index >= 15 is 0 Å². The Hall–Kier alpha value is -1.11. The zero-order chi connectivity index (χ0) is 13.6. The molecule has 18 heavy (non-hydrogen) atoms. The van der Waals surface area contributed by atoms with Gasteiger partial charge in [-0.25, -0.2) is 8.42 Å². The molecule has 0 aliphatic rings. The van der Waals surface area contributed by atoms with E-state index in [1.54, 1.807) is 0 Å². The zero-order valence-corrected chi connectivity index (χ0v) is 11.4. The van der Waals surface area contributed by atoms with Gasteiger partial charge in [0.1, 0.15) is 6.61 Å². The van der Waals surface area contributed by atoms with Gasteiger partial charge in [-0.15, -0.1) is 0 Å². The number of carbonyl (C=O) groups is 1. The van der Waals surface area contributed by atoms with Crippen molar-refractivity contribution in [1.29, 1.82) is 0 Å². The lowest BCUT2D eigenvalue weighted by atomic mass is 10.3. The summed E-state index contributed by atoms with van der Waals surface area (Å²) < 4.78 is 27.1. The Morgan fingerprint density at radius 2 is 1.94 bits per heavy atom. The number of carbonyl (C=O) groups excluding carboxylic acids is 1. The number of nitrogens with one attached hydrogen (secondary N) is 1. The van der Waals surface area contributed by atoms with Crippen LogP contribution in [-0.4, -0.2) is 27.5 Å². The standard InChI is InChI=1S/C11H14ClNO4S/c1-2-7-17-8-11(14)13-9-3-5-10(6-4-9)18(12,15)16/h3-6H,2,7-8H2,1H3,(H,13,14). The number of benzene rings is 1. The van der Waals surface area contributed by atoms with Crippen molar-refractivity contribution in [3.63, 3.8) is 0 Å². The Kier molecular flexibility index (Phi) is 5.58. The zero-order valence-electron chi connectivity index (χ0n) is 9.85. The summed E-state index contributed by atoms with van der Waals surface area (Å²) >= 11 is 0. The van der Waals surface area contributed by atoms with Crippen LogP contribution in [0.3, 0.4) is 0 Å². The van der Waals surface area contributed by atoms with E-state index in [0.717, 1.165) is 6.42 Å². The lowest BCUT2D eigenvalue weighted by molar-refractivity contribution is -0.120. The molecule has 1 rings (SSSR count). The number of hydrogen-bond acceptors (Lipinski definition) is 4.